The zero-order valence-electron chi connectivity index (χ0n) is 13.8. The van der Waals surface area contributed by atoms with Crippen molar-refractivity contribution in [2.45, 2.75) is 26.4 Å². The maximum Gasteiger partial charge on any atom is 0.191 e. The van der Waals surface area contributed by atoms with Crippen molar-refractivity contribution >= 4 is 5.96 Å². The minimum absolute atomic E-state index is 0.259. The van der Waals surface area contributed by atoms with Gasteiger partial charge in [0.05, 0.1) is 26.9 Å². The van der Waals surface area contributed by atoms with E-state index in [1.165, 1.54) is 0 Å². The van der Waals surface area contributed by atoms with Gasteiger partial charge in [-0.3, -0.25) is 4.99 Å². The summed E-state index contributed by atoms with van der Waals surface area (Å²) in [5.41, 5.74) is 0.714. The Labute approximate surface area is 132 Å². The van der Waals surface area contributed by atoms with Gasteiger partial charge in [0.15, 0.2) is 5.96 Å². The van der Waals surface area contributed by atoms with E-state index in [9.17, 15) is 5.11 Å². The van der Waals surface area contributed by atoms with Crippen LogP contribution in [0.15, 0.2) is 23.2 Å². The number of methoxy groups -OCH3 is 2. The monoisotopic (exact) mass is 309 g/mol. The topological polar surface area (TPSA) is 75.1 Å². The van der Waals surface area contributed by atoms with Crippen molar-refractivity contribution in [3.05, 3.63) is 23.8 Å². The van der Waals surface area contributed by atoms with E-state index in [4.69, 9.17) is 9.47 Å². The van der Waals surface area contributed by atoms with Gasteiger partial charge in [-0.25, -0.2) is 0 Å². The van der Waals surface area contributed by atoms with Crippen LogP contribution in [0.2, 0.25) is 0 Å². The smallest absolute Gasteiger partial charge is 0.191 e. The molecular formula is C16H27N3O3. The quantitative estimate of drug-likeness (QED) is 0.503. The molecule has 0 amide bonds. The Morgan fingerprint density at radius 2 is 1.77 bits per heavy atom. The number of aliphatic hydroxyl groups excluding tert-OH is 1. The number of nitrogens with zero attached hydrogens (tertiary/aromatic N) is 1. The Morgan fingerprint density at radius 3 is 2.27 bits per heavy atom. The van der Waals surface area contributed by atoms with Crippen molar-refractivity contribution in [1.82, 2.24) is 10.6 Å². The molecule has 0 saturated heterocycles. The maximum absolute atomic E-state index is 10.3. The third-order valence-corrected chi connectivity index (χ3v) is 3.07. The third kappa shape index (κ3) is 5.81. The zero-order chi connectivity index (χ0) is 16.4. The fourth-order valence-electron chi connectivity index (χ4n) is 1.89. The molecule has 6 nitrogen and oxygen atoms in total. The number of guanidine groups is 1. The highest BCUT2D eigenvalue weighted by Crippen LogP contribution is 2.26. The number of hydrogen-bond donors (Lipinski definition) is 3. The summed E-state index contributed by atoms with van der Waals surface area (Å²) in [6.07, 6.45) is 0.293. The molecule has 0 heterocycles. The van der Waals surface area contributed by atoms with Crippen molar-refractivity contribution in [3.63, 3.8) is 0 Å². The first-order valence-corrected chi connectivity index (χ1v) is 7.57. The highest BCUT2D eigenvalue weighted by atomic mass is 16.5. The van der Waals surface area contributed by atoms with Crippen LogP contribution in [-0.2, 0) is 0 Å². The molecule has 0 fully saturated rings. The molecule has 1 aromatic rings. The highest BCUT2D eigenvalue weighted by molar-refractivity contribution is 5.79. The lowest BCUT2D eigenvalue weighted by molar-refractivity contribution is 0.186. The van der Waals surface area contributed by atoms with Crippen LogP contribution < -0.4 is 20.1 Å². The van der Waals surface area contributed by atoms with Crippen LogP contribution in [0, 0.1) is 0 Å². The molecule has 124 valence electrons. The summed E-state index contributed by atoms with van der Waals surface area (Å²) >= 11 is 0. The molecule has 0 spiro atoms. The average molecular weight is 309 g/mol. The third-order valence-electron chi connectivity index (χ3n) is 3.07. The van der Waals surface area contributed by atoms with Crippen molar-refractivity contribution in [3.8, 4) is 11.5 Å². The summed E-state index contributed by atoms with van der Waals surface area (Å²) in [5, 5.41) is 16.7. The molecule has 0 aliphatic carbocycles. The normalized spacial score (nSPS) is 12.7. The molecule has 1 aromatic carbocycles. The summed E-state index contributed by atoms with van der Waals surface area (Å²) < 4.78 is 10.4. The van der Waals surface area contributed by atoms with Crippen LogP contribution in [0.25, 0.3) is 0 Å². The first-order chi connectivity index (χ1) is 10.6. The number of benzene rings is 1. The molecular weight excluding hydrogens is 282 g/mol. The van der Waals surface area contributed by atoms with E-state index in [1.54, 1.807) is 32.4 Å². The Bertz CT molecular complexity index is 455. The van der Waals surface area contributed by atoms with E-state index >= 15 is 0 Å². The van der Waals surface area contributed by atoms with E-state index in [1.807, 2.05) is 6.92 Å². The lowest BCUT2D eigenvalue weighted by Crippen LogP contribution is -2.37. The van der Waals surface area contributed by atoms with Crippen molar-refractivity contribution in [2.75, 3.05) is 33.9 Å². The summed E-state index contributed by atoms with van der Waals surface area (Å²) in [6, 6.07) is 5.34. The van der Waals surface area contributed by atoms with Crippen LogP contribution in [0.4, 0.5) is 0 Å². The second kappa shape index (κ2) is 9.89. The molecule has 6 heteroatoms. The van der Waals surface area contributed by atoms with E-state index in [-0.39, 0.29) is 6.54 Å². The summed E-state index contributed by atoms with van der Waals surface area (Å²) in [6.45, 7) is 5.98. The van der Waals surface area contributed by atoms with Gasteiger partial charge in [-0.2, -0.15) is 0 Å². The van der Waals surface area contributed by atoms with Crippen molar-refractivity contribution < 1.29 is 14.6 Å². The van der Waals surface area contributed by atoms with Gasteiger partial charge in [0.25, 0.3) is 0 Å². The van der Waals surface area contributed by atoms with Gasteiger partial charge in [-0.1, -0.05) is 6.92 Å². The lowest BCUT2D eigenvalue weighted by Gasteiger charge is -2.14. The minimum atomic E-state index is -0.721. The summed E-state index contributed by atoms with van der Waals surface area (Å²) in [5.74, 6) is 2.00. The standard InChI is InChI=1S/C16H27N3O3/c1-5-7-18-16(17-6-2)19-11-15(20)12-8-13(21-3)10-14(9-12)22-4/h8-10,15,20H,5-7,11H2,1-4H3,(H2,17,18,19). The summed E-state index contributed by atoms with van der Waals surface area (Å²) in [4.78, 5) is 4.40. The van der Waals surface area contributed by atoms with E-state index in [0.717, 1.165) is 19.5 Å². The van der Waals surface area contributed by atoms with Gasteiger partial charge in [0.1, 0.15) is 11.5 Å². The average Bonchev–Trinajstić information content (AvgIpc) is 2.56. The first kappa shape index (κ1) is 18.1. The Hall–Kier alpha value is -1.95. The fraction of sp³-hybridized carbons (Fsp3) is 0.562. The maximum atomic E-state index is 10.3. The van der Waals surface area contributed by atoms with E-state index in [0.29, 0.717) is 23.0 Å². The predicted octanol–water partition coefficient (Wildman–Crippen LogP) is 1.70. The molecule has 22 heavy (non-hydrogen) atoms. The van der Waals surface area contributed by atoms with Gasteiger partial charge < -0.3 is 25.2 Å². The second-order valence-corrected chi connectivity index (χ2v) is 4.81. The van der Waals surface area contributed by atoms with Crippen LogP contribution >= 0.6 is 0 Å². The molecule has 3 N–H and O–H groups in total. The zero-order valence-corrected chi connectivity index (χ0v) is 13.8. The largest absolute Gasteiger partial charge is 0.497 e. The molecule has 1 atom stereocenters. The molecule has 0 radical (unpaired) electrons. The molecule has 0 aliphatic rings. The molecule has 0 aliphatic heterocycles. The van der Waals surface area contributed by atoms with E-state index < -0.39 is 6.10 Å². The lowest BCUT2D eigenvalue weighted by atomic mass is 10.1. The number of ether oxygens (including phenoxy) is 2. The van der Waals surface area contributed by atoms with Gasteiger partial charge in [-0.15, -0.1) is 0 Å². The number of nitrogens with one attached hydrogen (secondary N) is 2. The van der Waals surface area contributed by atoms with Crippen LogP contribution in [-0.4, -0.2) is 44.9 Å². The highest BCUT2D eigenvalue weighted by Gasteiger charge is 2.11. The number of hydrogen-bond acceptors (Lipinski definition) is 4. The van der Waals surface area contributed by atoms with Gasteiger partial charge in [0.2, 0.25) is 0 Å². The fourth-order valence-corrected chi connectivity index (χ4v) is 1.89. The number of aliphatic hydroxyl groups is 1. The Balaban J connectivity index is 2.79. The number of aliphatic imine (C=N–C) groups is 1. The minimum Gasteiger partial charge on any atom is -0.497 e. The van der Waals surface area contributed by atoms with Crippen molar-refractivity contribution in [1.29, 1.82) is 0 Å². The Kier molecular flexibility index (Phi) is 8.14. The van der Waals surface area contributed by atoms with Crippen LogP contribution in [0.5, 0.6) is 11.5 Å². The second-order valence-electron chi connectivity index (χ2n) is 4.81. The molecule has 0 saturated carbocycles. The van der Waals surface area contributed by atoms with Crippen LogP contribution in [0.1, 0.15) is 31.9 Å². The first-order valence-electron chi connectivity index (χ1n) is 7.57. The van der Waals surface area contributed by atoms with Gasteiger partial charge in [-0.05, 0) is 31.0 Å². The number of rotatable bonds is 8. The van der Waals surface area contributed by atoms with Gasteiger partial charge in [0, 0.05) is 19.2 Å². The SMILES string of the molecule is CCCNC(=NCC(O)c1cc(OC)cc(OC)c1)NCC. The molecule has 0 bridgehead atoms. The molecule has 1 rings (SSSR count). The predicted molar refractivity (Wildman–Crippen MR) is 88.8 cm³/mol. The van der Waals surface area contributed by atoms with Crippen LogP contribution in [0.3, 0.4) is 0 Å². The Morgan fingerprint density at radius 1 is 1.14 bits per heavy atom. The van der Waals surface area contributed by atoms with E-state index in [2.05, 4.69) is 22.5 Å². The molecule has 1 unspecified atom stereocenters. The van der Waals surface area contributed by atoms with Gasteiger partial charge >= 0.3 is 0 Å². The van der Waals surface area contributed by atoms with Crippen molar-refractivity contribution in [2.24, 2.45) is 4.99 Å². The molecule has 0 aromatic heterocycles. The summed E-state index contributed by atoms with van der Waals surface area (Å²) in [7, 11) is 3.17.